The molecule has 0 atom stereocenters. The summed E-state index contributed by atoms with van der Waals surface area (Å²) in [5.74, 6) is 0.858. The molecule has 1 aliphatic carbocycles. The Balaban J connectivity index is 1.17. The zero-order chi connectivity index (χ0) is 40.8. The van der Waals surface area contributed by atoms with Crippen molar-refractivity contribution >= 4 is 23.9 Å². The first kappa shape index (κ1) is 47.0. The minimum Gasteiger partial charge on any atom is -0.494 e. The maximum Gasteiger partial charge on any atom is 0.343 e. The number of carbonyl (C=O) groups is 4. The van der Waals surface area contributed by atoms with Gasteiger partial charge in [-0.25, -0.2) is 14.4 Å². The normalized spacial score (nSPS) is 14.9. The third-order valence-electron chi connectivity index (χ3n) is 10.7. The smallest absolute Gasteiger partial charge is 0.343 e. The van der Waals surface area contributed by atoms with Crippen LogP contribution in [-0.2, 0) is 23.9 Å². The van der Waals surface area contributed by atoms with Crippen molar-refractivity contribution in [1.29, 1.82) is 0 Å². The summed E-state index contributed by atoms with van der Waals surface area (Å²) in [6.45, 7) is 8.39. The number of unbranched alkanes of at least 4 members (excludes halogenated alkanes) is 16. The van der Waals surface area contributed by atoms with E-state index in [9.17, 15) is 19.2 Å². The van der Waals surface area contributed by atoms with Gasteiger partial charge in [0.2, 0.25) is 0 Å². The summed E-state index contributed by atoms with van der Waals surface area (Å²) in [7, 11) is 0. The Morgan fingerprint density at radius 1 is 0.491 bits per heavy atom. The van der Waals surface area contributed by atoms with E-state index in [2.05, 4.69) is 13.2 Å². The summed E-state index contributed by atoms with van der Waals surface area (Å²) >= 11 is 0. The fourth-order valence-electron chi connectivity index (χ4n) is 7.18. The quantitative estimate of drug-likeness (QED) is 0.0319. The molecular formula is C48H68O9. The highest BCUT2D eigenvalue weighted by atomic mass is 16.5. The monoisotopic (exact) mass is 788 g/mol. The van der Waals surface area contributed by atoms with Crippen LogP contribution in [0.1, 0.15) is 158 Å². The van der Waals surface area contributed by atoms with Gasteiger partial charge in [0.05, 0.1) is 31.3 Å². The molecule has 0 spiro atoms. The maximum absolute atomic E-state index is 12.9. The second-order valence-corrected chi connectivity index (χ2v) is 15.3. The topological polar surface area (TPSA) is 114 Å². The number of esters is 4. The first-order chi connectivity index (χ1) is 27.9. The van der Waals surface area contributed by atoms with Crippen molar-refractivity contribution in [3.63, 3.8) is 0 Å². The van der Waals surface area contributed by atoms with E-state index in [-0.39, 0.29) is 23.8 Å². The molecule has 9 heteroatoms. The molecule has 57 heavy (non-hydrogen) atoms. The van der Waals surface area contributed by atoms with Gasteiger partial charge >= 0.3 is 23.9 Å². The van der Waals surface area contributed by atoms with E-state index in [1.54, 1.807) is 48.5 Å². The van der Waals surface area contributed by atoms with E-state index in [1.165, 1.54) is 89.2 Å². The van der Waals surface area contributed by atoms with E-state index in [1.807, 2.05) is 0 Å². The Morgan fingerprint density at radius 3 is 1.37 bits per heavy atom. The van der Waals surface area contributed by atoms with Crippen LogP contribution in [0.4, 0.5) is 0 Å². The first-order valence-corrected chi connectivity index (χ1v) is 21.7. The molecule has 0 heterocycles. The molecule has 2 aromatic carbocycles. The molecule has 3 rings (SSSR count). The third-order valence-corrected chi connectivity index (χ3v) is 10.7. The molecule has 1 saturated carbocycles. The Bertz CT molecular complexity index is 1440. The van der Waals surface area contributed by atoms with Crippen LogP contribution in [-0.4, -0.2) is 43.7 Å². The van der Waals surface area contributed by atoms with Crippen LogP contribution in [0.3, 0.4) is 0 Å². The predicted octanol–water partition coefficient (Wildman–Crippen LogP) is 11.9. The highest BCUT2D eigenvalue weighted by Crippen LogP contribution is 2.33. The van der Waals surface area contributed by atoms with Crippen LogP contribution in [0.15, 0.2) is 73.8 Å². The van der Waals surface area contributed by atoms with E-state index in [0.717, 1.165) is 76.4 Å². The van der Waals surface area contributed by atoms with Gasteiger partial charge in [-0.05, 0) is 99.4 Å². The molecule has 0 aromatic heterocycles. The van der Waals surface area contributed by atoms with Crippen LogP contribution in [0.2, 0.25) is 0 Å². The van der Waals surface area contributed by atoms with E-state index in [4.69, 9.17) is 23.7 Å². The number of hydrogen-bond donors (Lipinski definition) is 0. The highest BCUT2D eigenvalue weighted by molar-refractivity contribution is 5.91. The van der Waals surface area contributed by atoms with Crippen molar-refractivity contribution in [2.24, 2.45) is 11.8 Å². The zero-order valence-electron chi connectivity index (χ0n) is 34.4. The fourth-order valence-corrected chi connectivity index (χ4v) is 7.18. The predicted molar refractivity (Wildman–Crippen MR) is 224 cm³/mol. The molecule has 0 saturated heterocycles. The molecule has 1 fully saturated rings. The number of ether oxygens (including phenoxy) is 5. The van der Waals surface area contributed by atoms with Crippen molar-refractivity contribution in [2.45, 2.75) is 148 Å². The standard InChI is InChI=1S/C48H68O9/c1-3-45(49)54-37-21-17-13-8-5-7-11-15-19-23-39-24-26-40(27-25-39)47(51)56-43-32-34-44(35-33-43)57-48(52)41-28-30-42(31-29-41)53-36-20-16-12-9-6-10-14-18-22-38-55-46(50)4-2/h3-4,28-35,39-40H,1-2,5-27,36-38H2. The highest BCUT2D eigenvalue weighted by Gasteiger charge is 2.27. The van der Waals surface area contributed by atoms with Crippen LogP contribution in [0, 0.1) is 11.8 Å². The SMILES string of the molecule is C=CC(=O)OCCCCCCCCCCCOc1ccc(C(=O)Oc2ccc(OC(=O)C3CCC(CCCCCCCCCCCOC(=O)C=C)CC3)cc2)cc1. The van der Waals surface area contributed by atoms with E-state index in [0.29, 0.717) is 42.8 Å². The average Bonchev–Trinajstić information content (AvgIpc) is 3.23. The average molecular weight is 789 g/mol. The van der Waals surface area contributed by atoms with Gasteiger partial charge < -0.3 is 23.7 Å². The lowest BCUT2D eigenvalue weighted by atomic mass is 9.80. The summed E-state index contributed by atoms with van der Waals surface area (Å²) in [4.78, 5) is 47.7. The number of rotatable bonds is 31. The minimum atomic E-state index is -0.465. The fraction of sp³-hybridized carbons (Fsp3) is 0.583. The molecule has 0 aliphatic heterocycles. The molecule has 314 valence electrons. The lowest BCUT2D eigenvalue weighted by Crippen LogP contribution is -2.25. The van der Waals surface area contributed by atoms with Crippen LogP contribution < -0.4 is 14.2 Å². The molecule has 0 bridgehead atoms. The Morgan fingerprint density at radius 2 is 0.895 bits per heavy atom. The van der Waals surface area contributed by atoms with Crippen LogP contribution >= 0.6 is 0 Å². The van der Waals surface area contributed by atoms with Crippen molar-refractivity contribution < 1.29 is 42.9 Å². The van der Waals surface area contributed by atoms with Crippen molar-refractivity contribution in [3.8, 4) is 17.2 Å². The number of hydrogen-bond acceptors (Lipinski definition) is 9. The van der Waals surface area contributed by atoms with Gasteiger partial charge in [-0.2, -0.15) is 0 Å². The zero-order valence-corrected chi connectivity index (χ0v) is 34.4. The summed E-state index contributed by atoms with van der Waals surface area (Å²) in [6, 6.07) is 13.6. The molecule has 2 aromatic rings. The second-order valence-electron chi connectivity index (χ2n) is 15.3. The summed E-state index contributed by atoms with van der Waals surface area (Å²) in [5.41, 5.74) is 0.427. The van der Waals surface area contributed by atoms with E-state index < -0.39 is 5.97 Å². The lowest BCUT2D eigenvalue weighted by Gasteiger charge is -2.27. The van der Waals surface area contributed by atoms with Crippen molar-refractivity contribution in [3.05, 3.63) is 79.4 Å². The van der Waals surface area contributed by atoms with Crippen molar-refractivity contribution in [2.75, 3.05) is 19.8 Å². The third kappa shape index (κ3) is 21.6. The molecule has 9 nitrogen and oxygen atoms in total. The van der Waals surface area contributed by atoms with Crippen LogP contribution in [0.5, 0.6) is 17.2 Å². The molecule has 0 N–H and O–H groups in total. The number of carbonyl (C=O) groups excluding carboxylic acids is 4. The van der Waals surface area contributed by atoms with Gasteiger partial charge in [0, 0.05) is 12.2 Å². The molecule has 0 unspecified atom stereocenters. The first-order valence-electron chi connectivity index (χ1n) is 21.7. The minimum absolute atomic E-state index is 0.0686. The molecule has 0 radical (unpaired) electrons. The van der Waals surface area contributed by atoms with Gasteiger partial charge in [0.25, 0.3) is 0 Å². The van der Waals surface area contributed by atoms with Gasteiger partial charge in [0.15, 0.2) is 0 Å². The molecular weight excluding hydrogens is 721 g/mol. The second kappa shape index (κ2) is 29.8. The summed E-state index contributed by atoms with van der Waals surface area (Å²) in [5, 5.41) is 0. The van der Waals surface area contributed by atoms with Gasteiger partial charge in [-0.3, -0.25) is 4.79 Å². The van der Waals surface area contributed by atoms with E-state index >= 15 is 0 Å². The number of benzene rings is 2. The van der Waals surface area contributed by atoms with Gasteiger partial charge in [0.1, 0.15) is 17.2 Å². The van der Waals surface area contributed by atoms with Gasteiger partial charge in [-0.1, -0.05) is 116 Å². The summed E-state index contributed by atoms with van der Waals surface area (Å²) in [6.07, 6.45) is 28.4. The lowest BCUT2D eigenvalue weighted by molar-refractivity contribution is -0.140. The Labute approximate surface area is 341 Å². The maximum atomic E-state index is 12.9. The van der Waals surface area contributed by atoms with Gasteiger partial charge in [-0.15, -0.1) is 0 Å². The molecule has 0 amide bonds. The Hall–Kier alpha value is -4.40. The Kier molecular flexibility index (Phi) is 24.5. The largest absolute Gasteiger partial charge is 0.494 e. The molecule has 1 aliphatic rings. The van der Waals surface area contributed by atoms with Crippen molar-refractivity contribution in [1.82, 2.24) is 0 Å². The summed E-state index contributed by atoms with van der Waals surface area (Å²) < 4.78 is 27.1. The van der Waals surface area contributed by atoms with Crippen LogP contribution in [0.25, 0.3) is 0 Å².